The molecule has 0 bridgehead atoms. The SMILES string of the molecule is CC(=O)Nc1ccc(S(=O)(=O)NCCNCC(O)COc2ccccc2)cc1.Cl. The lowest BCUT2D eigenvalue weighted by molar-refractivity contribution is -0.114. The zero-order valence-corrected chi connectivity index (χ0v) is 17.6. The Labute approximate surface area is 177 Å². The quantitative estimate of drug-likeness (QED) is 0.390. The molecule has 2 aromatic carbocycles. The molecule has 8 nitrogen and oxygen atoms in total. The molecule has 0 spiro atoms. The maximum atomic E-state index is 12.2. The molecule has 0 saturated carbocycles. The molecule has 0 aromatic heterocycles. The van der Waals surface area contributed by atoms with Crippen LogP contribution in [0.1, 0.15) is 6.92 Å². The number of anilines is 1. The highest BCUT2D eigenvalue weighted by Gasteiger charge is 2.13. The predicted octanol–water partition coefficient (Wildman–Crippen LogP) is 1.37. The fourth-order valence-electron chi connectivity index (χ4n) is 2.31. The van der Waals surface area contributed by atoms with Crippen LogP contribution in [0.2, 0.25) is 0 Å². The van der Waals surface area contributed by atoms with Crippen molar-refractivity contribution in [3.63, 3.8) is 0 Å². The summed E-state index contributed by atoms with van der Waals surface area (Å²) < 4.78 is 32.4. The number of hydrogen-bond acceptors (Lipinski definition) is 6. The van der Waals surface area contributed by atoms with Crippen LogP contribution in [0.4, 0.5) is 5.69 Å². The molecule has 10 heteroatoms. The van der Waals surface area contributed by atoms with Crippen molar-refractivity contribution in [3.05, 3.63) is 54.6 Å². The Bertz CT molecular complexity index is 848. The molecule has 0 fully saturated rings. The van der Waals surface area contributed by atoms with Gasteiger partial charge in [0.2, 0.25) is 15.9 Å². The minimum Gasteiger partial charge on any atom is -0.491 e. The number of para-hydroxylation sites is 1. The molecule has 2 rings (SSSR count). The van der Waals surface area contributed by atoms with Gasteiger partial charge in [0.15, 0.2) is 0 Å². The highest BCUT2D eigenvalue weighted by atomic mass is 35.5. The second-order valence-corrected chi connectivity index (χ2v) is 7.85. The van der Waals surface area contributed by atoms with Crippen molar-refractivity contribution in [2.75, 3.05) is 31.6 Å². The highest BCUT2D eigenvalue weighted by Crippen LogP contribution is 2.13. The van der Waals surface area contributed by atoms with Gasteiger partial charge in [-0.3, -0.25) is 4.79 Å². The van der Waals surface area contributed by atoms with Crippen LogP contribution >= 0.6 is 12.4 Å². The fourth-order valence-corrected chi connectivity index (χ4v) is 3.35. The van der Waals surface area contributed by atoms with Gasteiger partial charge >= 0.3 is 0 Å². The minimum atomic E-state index is -3.64. The summed E-state index contributed by atoms with van der Waals surface area (Å²) in [4.78, 5) is 11.1. The summed E-state index contributed by atoms with van der Waals surface area (Å²) in [6.07, 6.45) is -0.710. The van der Waals surface area contributed by atoms with Gasteiger partial charge in [-0.05, 0) is 36.4 Å². The van der Waals surface area contributed by atoms with Crippen molar-refractivity contribution in [3.8, 4) is 5.75 Å². The first-order chi connectivity index (χ1) is 13.4. The number of sulfonamides is 1. The summed E-state index contributed by atoms with van der Waals surface area (Å²) >= 11 is 0. The number of nitrogens with one attached hydrogen (secondary N) is 3. The lowest BCUT2D eigenvalue weighted by Gasteiger charge is -2.13. The van der Waals surface area contributed by atoms with Crippen molar-refractivity contribution < 1.29 is 23.1 Å². The Morgan fingerprint density at radius 1 is 1.07 bits per heavy atom. The predicted molar refractivity (Wildman–Crippen MR) is 114 cm³/mol. The van der Waals surface area contributed by atoms with E-state index in [1.54, 1.807) is 12.1 Å². The van der Waals surface area contributed by atoms with Crippen LogP contribution in [0.5, 0.6) is 5.75 Å². The standard InChI is InChI=1S/C19H25N3O5S.ClH/c1-15(23)22-16-7-9-19(10-8-16)28(25,26)21-12-11-20-13-17(24)14-27-18-5-3-2-4-6-18;/h2-10,17,20-21,24H,11-14H2,1H3,(H,22,23);1H. The first-order valence-electron chi connectivity index (χ1n) is 8.81. The van der Waals surface area contributed by atoms with Gasteiger partial charge in [0.05, 0.1) is 4.90 Å². The van der Waals surface area contributed by atoms with Crippen molar-refractivity contribution in [1.82, 2.24) is 10.0 Å². The Morgan fingerprint density at radius 3 is 2.34 bits per heavy atom. The number of hydrogen-bond donors (Lipinski definition) is 4. The molecule has 0 radical (unpaired) electrons. The fraction of sp³-hybridized carbons (Fsp3) is 0.316. The van der Waals surface area contributed by atoms with E-state index in [-0.39, 0.29) is 42.9 Å². The zero-order chi connectivity index (χ0) is 20.4. The molecule has 2 aromatic rings. The van der Waals surface area contributed by atoms with E-state index >= 15 is 0 Å². The molecule has 0 aliphatic carbocycles. The van der Waals surface area contributed by atoms with E-state index < -0.39 is 16.1 Å². The molecule has 29 heavy (non-hydrogen) atoms. The van der Waals surface area contributed by atoms with Gasteiger partial charge in [0.25, 0.3) is 0 Å². The number of ether oxygens (including phenoxy) is 1. The van der Waals surface area contributed by atoms with Crippen LogP contribution in [0.25, 0.3) is 0 Å². The van der Waals surface area contributed by atoms with Gasteiger partial charge in [-0.25, -0.2) is 13.1 Å². The van der Waals surface area contributed by atoms with E-state index in [0.717, 1.165) is 0 Å². The molecule has 0 saturated heterocycles. The average molecular weight is 444 g/mol. The molecule has 1 amide bonds. The van der Waals surface area contributed by atoms with Crippen molar-refractivity contribution >= 4 is 34.0 Å². The number of amides is 1. The van der Waals surface area contributed by atoms with Crippen LogP contribution < -0.4 is 20.1 Å². The Morgan fingerprint density at radius 2 is 1.72 bits per heavy atom. The number of benzene rings is 2. The molecule has 1 atom stereocenters. The van der Waals surface area contributed by atoms with Crippen LogP contribution in [-0.4, -0.2) is 51.8 Å². The van der Waals surface area contributed by atoms with Crippen LogP contribution in [-0.2, 0) is 14.8 Å². The summed E-state index contributed by atoms with van der Waals surface area (Å²) in [5.74, 6) is 0.454. The van der Waals surface area contributed by atoms with E-state index in [4.69, 9.17) is 4.74 Å². The van der Waals surface area contributed by atoms with Crippen molar-refractivity contribution in [2.45, 2.75) is 17.9 Å². The van der Waals surface area contributed by atoms with E-state index in [0.29, 0.717) is 18.0 Å². The lowest BCUT2D eigenvalue weighted by Crippen LogP contribution is -2.37. The number of carbonyl (C=O) groups excluding carboxylic acids is 1. The number of halogens is 1. The molecule has 4 N–H and O–H groups in total. The minimum absolute atomic E-state index is 0. The Balaban J connectivity index is 0.00000420. The smallest absolute Gasteiger partial charge is 0.240 e. The summed E-state index contributed by atoms with van der Waals surface area (Å²) in [6.45, 7) is 2.32. The molecule has 0 heterocycles. The monoisotopic (exact) mass is 443 g/mol. The first kappa shape index (κ1) is 24.9. The second kappa shape index (κ2) is 12.4. The van der Waals surface area contributed by atoms with E-state index in [9.17, 15) is 18.3 Å². The topological polar surface area (TPSA) is 117 Å². The maximum Gasteiger partial charge on any atom is 0.240 e. The third-order valence-electron chi connectivity index (χ3n) is 3.64. The zero-order valence-electron chi connectivity index (χ0n) is 16.0. The number of aliphatic hydroxyl groups excluding tert-OH is 1. The van der Waals surface area contributed by atoms with Gasteiger partial charge in [0.1, 0.15) is 18.5 Å². The van der Waals surface area contributed by atoms with Crippen molar-refractivity contribution in [2.24, 2.45) is 0 Å². The number of rotatable bonds is 11. The average Bonchev–Trinajstić information content (AvgIpc) is 2.67. The molecule has 0 aliphatic heterocycles. The number of aliphatic hydroxyl groups is 1. The third kappa shape index (κ3) is 9.25. The second-order valence-electron chi connectivity index (χ2n) is 6.09. The van der Waals surface area contributed by atoms with Gasteiger partial charge in [-0.1, -0.05) is 18.2 Å². The first-order valence-corrected chi connectivity index (χ1v) is 10.3. The van der Waals surface area contributed by atoms with Gasteiger partial charge < -0.3 is 20.5 Å². The maximum absolute atomic E-state index is 12.2. The Kier molecular flexibility index (Phi) is 10.6. The van der Waals surface area contributed by atoms with Gasteiger partial charge in [0, 0.05) is 32.2 Å². The molecule has 1 unspecified atom stereocenters. The summed E-state index contributed by atoms with van der Waals surface area (Å²) in [5, 5.41) is 15.4. The number of carbonyl (C=O) groups is 1. The van der Waals surface area contributed by atoms with E-state index in [1.165, 1.54) is 31.2 Å². The molecule has 0 aliphatic rings. The summed E-state index contributed by atoms with van der Waals surface area (Å²) in [6, 6.07) is 15.1. The molecular weight excluding hydrogens is 418 g/mol. The van der Waals surface area contributed by atoms with Crippen LogP contribution in [0.3, 0.4) is 0 Å². The van der Waals surface area contributed by atoms with Crippen molar-refractivity contribution in [1.29, 1.82) is 0 Å². The third-order valence-corrected chi connectivity index (χ3v) is 5.12. The van der Waals surface area contributed by atoms with Gasteiger partial charge in [-0.15, -0.1) is 12.4 Å². The van der Waals surface area contributed by atoms with Crippen LogP contribution in [0.15, 0.2) is 59.5 Å². The molecule has 160 valence electrons. The van der Waals surface area contributed by atoms with Gasteiger partial charge in [-0.2, -0.15) is 0 Å². The Hall–Kier alpha value is -2.17. The van der Waals surface area contributed by atoms with E-state index in [2.05, 4.69) is 15.4 Å². The molecular formula is C19H26ClN3O5S. The van der Waals surface area contributed by atoms with E-state index in [1.807, 2.05) is 18.2 Å². The lowest BCUT2D eigenvalue weighted by atomic mass is 10.3. The highest BCUT2D eigenvalue weighted by molar-refractivity contribution is 7.89. The largest absolute Gasteiger partial charge is 0.491 e. The van der Waals surface area contributed by atoms with Crippen LogP contribution in [0, 0.1) is 0 Å². The normalized spacial score (nSPS) is 11.9. The summed E-state index contributed by atoms with van der Waals surface area (Å²) in [7, 11) is -3.64. The summed E-state index contributed by atoms with van der Waals surface area (Å²) in [5.41, 5.74) is 0.528.